The van der Waals surface area contributed by atoms with Crippen LogP contribution in [0.3, 0.4) is 0 Å². The predicted molar refractivity (Wildman–Crippen MR) is 108 cm³/mol. The summed E-state index contributed by atoms with van der Waals surface area (Å²) in [5.41, 5.74) is 1.67. The van der Waals surface area contributed by atoms with Gasteiger partial charge in [-0.2, -0.15) is 0 Å². The van der Waals surface area contributed by atoms with Crippen molar-refractivity contribution in [2.45, 2.75) is 13.3 Å². The van der Waals surface area contributed by atoms with E-state index in [0.717, 1.165) is 0 Å². The van der Waals surface area contributed by atoms with Gasteiger partial charge in [0.05, 0.1) is 18.7 Å². The number of rotatable bonds is 5. The molecule has 0 aromatic heterocycles. The molecule has 1 saturated heterocycles. The highest BCUT2D eigenvalue weighted by Crippen LogP contribution is 2.31. The molecule has 1 heterocycles. The number of nitrogens with zero attached hydrogens (tertiary/aromatic N) is 1. The van der Waals surface area contributed by atoms with E-state index in [0.29, 0.717) is 27.8 Å². The van der Waals surface area contributed by atoms with Crippen molar-refractivity contribution in [3.05, 3.63) is 47.5 Å². The highest BCUT2D eigenvalue weighted by Gasteiger charge is 2.35. The fraction of sp³-hybridized carbons (Fsp3) is 0.250. The van der Waals surface area contributed by atoms with Crippen LogP contribution in [0.4, 0.5) is 17.1 Å². The Labute approximate surface area is 167 Å². The van der Waals surface area contributed by atoms with Gasteiger partial charge >= 0.3 is 0 Å². The Balaban J connectivity index is 1.73. The van der Waals surface area contributed by atoms with Crippen molar-refractivity contribution in [3.63, 3.8) is 0 Å². The summed E-state index contributed by atoms with van der Waals surface area (Å²) in [5.74, 6) is -0.675. The number of hydrogen-bond acceptors (Lipinski definition) is 4. The zero-order valence-electron chi connectivity index (χ0n) is 15.5. The minimum absolute atomic E-state index is 0.113. The van der Waals surface area contributed by atoms with Crippen molar-refractivity contribution >= 4 is 46.4 Å². The predicted octanol–water partition coefficient (Wildman–Crippen LogP) is 3.30. The normalized spacial score (nSPS) is 16.0. The molecule has 0 saturated carbocycles. The number of ether oxygens (including phenoxy) is 1. The third-order valence-electron chi connectivity index (χ3n) is 4.41. The van der Waals surface area contributed by atoms with Gasteiger partial charge in [0.2, 0.25) is 17.7 Å². The van der Waals surface area contributed by atoms with Gasteiger partial charge in [-0.15, -0.1) is 0 Å². The molecule has 3 amide bonds. The molecule has 1 aliphatic rings. The van der Waals surface area contributed by atoms with E-state index >= 15 is 0 Å². The van der Waals surface area contributed by atoms with Crippen molar-refractivity contribution in [3.8, 4) is 5.75 Å². The van der Waals surface area contributed by atoms with E-state index in [1.54, 1.807) is 47.4 Å². The van der Waals surface area contributed by atoms with Gasteiger partial charge in [-0.25, -0.2) is 0 Å². The number of nitrogens with one attached hydrogen (secondary N) is 2. The minimum atomic E-state index is -0.502. The summed E-state index contributed by atoms with van der Waals surface area (Å²) < 4.78 is 5.27. The Bertz CT molecular complexity index is 914. The van der Waals surface area contributed by atoms with Gasteiger partial charge in [-0.1, -0.05) is 11.6 Å². The molecule has 2 N–H and O–H groups in total. The molecule has 0 aliphatic carbocycles. The van der Waals surface area contributed by atoms with Crippen LogP contribution >= 0.6 is 11.6 Å². The molecule has 146 valence electrons. The number of carbonyl (C=O) groups is 3. The Morgan fingerprint density at radius 2 is 1.86 bits per heavy atom. The second-order valence-electron chi connectivity index (χ2n) is 6.47. The minimum Gasteiger partial charge on any atom is -0.495 e. The molecule has 1 atom stereocenters. The lowest BCUT2D eigenvalue weighted by atomic mass is 10.1. The molecule has 1 aliphatic heterocycles. The zero-order valence-corrected chi connectivity index (χ0v) is 16.2. The first-order valence-corrected chi connectivity index (χ1v) is 9.07. The molecule has 2 aromatic carbocycles. The van der Waals surface area contributed by atoms with Crippen molar-refractivity contribution in [2.24, 2.45) is 5.92 Å². The van der Waals surface area contributed by atoms with Gasteiger partial charge in [0.25, 0.3) is 0 Å². The number of benzene rings is 2. The van der Waals surface area contributed by atoms with E-state index in [4.69, 9.17) is 16.3 Å². The van der Waals surface area contributed by atoms with Crippen molar-refractivity contribution < 1.29 is 19.1 Å². The fourth-order valence-corrected chi connectivity index (χ4v) is 3.20. The van der Waals surface area contributed by atoms with Crippen LogP contribution in [-0.2, 0) is 14.4 Å². The smallest absolute Gasteiger partial charge is 0.229 e. The fourth-order valence-electron chi connectivity index (χ4n) is 3.08. The third kappa shape index (κ3) is 4.43. The van der Waals surface area contributed by atoms with Crippen molar-refractivity contribution in [1.29, 1.82) is 0 Å². The van der Waals surface area contributed by atoms with Crippen molar-refractivity contribution in [2.75, 3.05) is 29.2 Å². The number of methoxy groups -OCH3 is 1. The van der Waals surface area contributed by atoms with E-state index in [9.17, 15) is 14.4 Å². The number of amides is 3. The van der Waals surface area contributed by atoms with Crippen LogP contribution in [0.15, 0.2) is 42.5 Å². The first-order chi connectivity index (χ1) is 13.4. The molecule has 7 nitrogen and oxygen atoms in total. The molecule has 1 unspecified atom stereocenters. The maximum Gasteiger partial charge on any atom is 0.229 e. The van der Waals surface area contributed by atoms with Gasteiger partial charge in [0.1, 0.15) is 5.75 Å². The maximum absolute atomic E-state index is 12.7. The summed E-state index contributed by atoms with van der Waals surface area (Å²) in [5, 5.41) is 6.04. The SMILES string of the molecule is COc1ccc(NC(C)=O)cc1NC(=O)C1CC(=O)N(c2ccc(Cl)cc2)C1. The van der Waals surface area contributed by atoms with E-state index in [2.05, 4.69) is 10.6 Å². The molecule has 0 spiro atoms. The van der Waals surface area contributed by atoms with E-state index in [1.165, 1.54) is 14.0 Å². The van der Waals surface area contributed by atoms with Crippen LogP contribution in [-0.4, -0.2) is 31.4 Å². The molecule has 0 radical (unpaired) electrons. The lowest BCUT2D eigenvalue weighted by Crippen LogP contribution is -2.28. The summed E-state index contributed by atoms with van der Waals surface area (Å²) in [6.07, 6.45) is 0.113. The van der Waals surface area contributed by atoms with Crippen LogP contribution in [0.25, 0.3) is 0 Å². The number of anilines is 3. The zero-order chi connectivity index (χ0) is 20.3. The summed E-state index contributed by atoms with van der Waals surface area (Å²) in [7, 11) is 1.49. The highest BCUT2D eigenvalue weighted by atomic mass is 35.5. The van der Waals surface area contributed by atoms with Crippen molar-refractivity contribution in [1.82, 2.24) is 0 Å². The van der Waals surface area contributed by atoms with Gasteiger partial charge < -0.3 is 20.3 Å². The molecule has 3 rings (SSSR count). The van der Waals surface area contributed by atoms with Crippen LogP contribution in [0.1, 0.15) is 13.3 Å². The second-order valence-corrected chi connectivity index (χ2v) is 6.90. The number of halogens is 1. The molecular weight excluding hydrogens is 382 g/mol. The van der Waals surface area contributed by atoms with Crippen LogP contribution < -0.4 is 20.3 Å². The third-order valence-corrected chi connectivity index (χ3v) is 4.66. The van der Waals surface area contributed by atoms with E-state index < -0.39 is 5.92 Å². The lowest BCUT2D eigenvalue weighted by Gasteiger charge is -2.17. The monoisotopic (exact) mass is 401 g/mol. The van der Waals surface area contributed by atoms with Gasteiger partial charge in [0.15, 0.2) is 0 Å². The Morgan fingerprint density at radius 3 is 2.50 bits per heavy atom. The van der Waals surface area contributed by atoms with E-state index in [1.807, 2.05) is 0 Å². The largest absolute Gasteiger partial charge is 0.495 e. The molecular formula is C20H20ClN3O4. The average Bonchev–Trinajstić information content (AvgIpc) is 3.04. The standard InChI is InChI=1S/C20H20ClN3O4/c1-12(25)22-15-5-8-18(28-2)17(10-15)23-20(27)13-9-19(26)24(11-13)16-6-3-14(21)4-7-16/h3-8,10,13H,9,11H2,1-2H3,(H,22,25)(H,23,27). The van der Waals surface area contributed by atoms with Gasteiger partial charge in [-0.3, -0.25) is 14.4 Å². The second kappa shape index (κ2) is 8.31. The summed E-state index contributed by atoms with van der Waals surface area (Å²) in [4.78, 5) is 37.9. The van der Waals surface area contributed by atoms with Crippen LogP contribution in [0.5, 0.6) is 5.75 Å². The quantitative estimate of drug-likeness (QED) is 0.804. The Kier molecular flexibility index (Phi) is 5.84. The first kappa shape index (κ1) is 19.7. The van der Waals surface area contributed by atoms with Crippen LogP contribution in [0, 0.1) is 5.92 Å². The molecule has 2 aromatic rings. The molecule has 28 heavy (non-hydrogen) atoms. The number of carbonyl (C=O) groups excluding carboxylic acids is 3. The summed E-state index contributed by atoms with van der Waals surface area (Å²) >= 11 is 5.89. The topological polar surface area (TPSA) is 87.7 Å². The van der Waals surface area contributed by atoms with Gasteiger partial charge in [-0.05, 0) is 42.5 Å². The molecule has 0 bridgehead atoms. The van der Waals surface area contributed by atoms with Gasteiger partial charge in [0, 0.05) is 36.3 Å². The number of hydrogen-bond donors (Lipinski definition) is 2. The first-order valence-electron chi connectivity index (χ1n) is 8.70. The molecule has 8 heteroatoms. The van der Waals surface area contributed by atoms with E-state index in [-0.39, 0.29) is 30.7 Å². The summed E-state index contributed by atoms with van der Waals surface area (Å²) in [6, 6.07) is 11.9. The molecule has 1 fully saturated rings. The Morgan fingerprint density at radius 1 is 1.14 bits per heavy atom. The Hall–Kier alpha value is -3.06. The highest BCUT2D eigenvalue weighted by molar-refractivity contribution is 6.30. The van der Waals surface area contributed by atoms with Crippen LogP contribution in [0.2, 0.25) is 5.02 Å². The summed E-state index contributed by atoms with van der Waals surface area (Å²) in [6.45, 7) is 1.68. The maximum atomic E-state index is 12.7. The lowest BCUT2D eigenvalue weighted by molar-refractivity contribution is -0.122. The average molecular weight is 402 g/mol.